The lowest BCUT2D eigenvalue weighted by Gasteiger charge is -2.54. The van der Waals surface area contributed by atoms with Crippen LogP contribution in [0.15, 0.2) is 27.8 Å². The number of rotatable bonds is 7. The summed E-state index contributed by atoms with van der Waals surface area (Å²) < 4.78 is 11.3. The molecule has 1 aliphatic carbocycles. The van der Waals surface area contributed by atoms with Gasteiger partial charge < -0.3 is 19.8 Å². The van der Waals surface area contributed by atoms with Gasteiger partial charge in [-0.2, -0.15) is 0 Å². The minimum absolute atomic E-state index is 0.162. The van der Waals surface area contributed by atoms with Gasteiger partial charge >= 0.3 is 0 Å². The average Bonchev–Trinajstić information content (AvgIpc) is 3.22. The average molecular weight is 333 g/mol. The number of nitrogens with zero attached hydrogens (tertiary/aromatic N) is 1. The van der Waals surface area contributed by atoms with E-state index in [4.69, 9.17) is 14.1 Å². The van der Waals surface area contributed by atoms with Gasteiger partial charge in [0, 0.05) is 43.5 Å². The molecule has 1 saturated heterocycles. The summed E-state index contributed by atoms with van der Waals surface area (Å²) in [6.07, 6.45) is 6.42. The van der Waals surface area contributed by atoms with Crippen LogP contribution in [-0.4, -0.2) is 37.8 Å². The van der Waals surface area contributed by atoms with Gasteiger partial charge in [0.15, 0.2) is 5.96 Å². The molecule has 0 bridgehead atoms. The number of nitrogens with one attached hydrogen (secondary N) is 2. The summed E-state index contributed by atoms with van der Waals surface area (Å²) in [4.78, 5) is 4.76. The first kappa shape index (κ1) is 17.3. The van der Waals surface area contributed by atoms with Gasteiger partial charge in [-0.15, -0.1) is 0 Å². The van der Waals surface area contributed by atoms with Gasteiger partial charge in [0.05, 0.1) is 12.4 Å². The van der Waals surface area contributed by atoms with Gasteiger partial charge in [0.1, 0.15) is 5.76 Å². The normalized spacial score (nSPS) is 28.3. The summed E-state index contributed by atoms with van der Waals surface area (Å²) in [5.74, 6) is 2.55. The Morgan fingerprint density at radius 2 is 2.29 bits per heavy atom. The molecule has 2 aliphatic rings. The van der Waals surface area contributed by atoms with Crippen LogP contribution in [0.1, 0.15) is 45.8 Å². The molecule has 0 aromatic carbocycles. The minimum atomic E-state index is 0.162. The van der Waals surface area contributed by atoms with Gasteiger partial charge in [-0.05, 0) is 25.0 Å². The van der Waals surface area contributed by atoms with Crippen molar-refractivity contribution in [3.8, 4) is 0 Å². The standard InChI is InChI=1S/C19H31N3O2/c1-4-5-10-20-18(21-11-8-14-7-6-12-23-14)22-16-15-9-13-24-17(15)19(16,2)3/h6-7,12,15-17H,4-5,8-11,13H2,1-3H3,(H2,20,21,22). The largest absolute Gasteiger partial charge is 0.469 e. The molecule has 2 heterocycles. The van der Waals surface area contributed by atoms with Gasteiger partial charge in [-0.3, -0.25) is 4.99 Å². The summed E-state index contributed by atoms with van der Waals surface area (Å²) >= 11 is 0. The van der Waals surface area contributed by atoms with Crippen molar-refractivity contribution in [2.45, 2.75) is 58.6 Å². The van der Waals surface area contributed by atoms with Crippen LogP contribution >= 0.6 is 0 Å². The Hall–Kier alpha value is -1.49. The van der Waals surface area contributed by atoms with Crippen molar-refractivity contribution in [2.75, 3.05) is 19.7 Å². The van der Waals surface area contributed by atoms with Crippen LogP contribution in [-0.2, 0) is 11.2 Å². The van der Waals surface area contributed by atoms with Gasteiger partial charge in [0.2, 0.25) is 0 Å². The molecule has 1 aliphatic heterocycles. The van der Waals surface area contributed by atoms with E-state index >= 15 is 0 Å². The number of guanidine groups is 1. The summed E-state index contributed by atoms with van der Waals surface area (Å²) in [5, 5.41) is 7.15. The molecule has 2 N–H and O–H groups in total. The van der Waals surface area contributed by atoms with Crippen LogP contribution in [0, 0.1) is 11.3 Å². The van der Waals surface area contributed by atoms with Crippen LogP contribution in [0.2, 0.25) is 0 Å². The maximum Gasteiger partial charge on any atom is 0.191 e. The molecule has 2 fully saturated rings. The monoisotopic (exact) mass is 333 g/mol. The Morgan fingerprint density at radius 1 is 1.42 bits per heavy atom. The number of ether oxygens (including phenoxy) is 1. The molecule has 1 aromatic heterocycles. The van der Waals surface area contributed by atoms with Gasteiger partial charge in [0.25, 0.3) is 0 Å². The van der Waals surface area contributed by atoms with Crippen molar-refractivity contribution in [2.24, 2.45) is 16.3 Å². The quantitative estimate of drug-likeness (QED) is 0.457. The number of unbranched alkanes of at least 4 members (excludes halogenated alkanes) is 1. The second-order valence-corrected chi connectivity index (χ2v) is 7.53. The predicted molar refractivity (Wildman–Crippen MR) is 96.2 cm³/mol. The number of hydrogen-bond acceptors (Lipinski definition) is 3. The van der Waals surface area contributed by atoms with Crippen LogP contribution < -0.4 is 10.6 Å². The minimum Gasteiger partial charge on any atom is -0.469 e. The molecular weight excluding hydrogens is 302 g/mol. The number of furan rings is 1. The molecule has 3 unspecified atom stereocenters. The predicted octanol–water partition coefficient (Wildman–Crippen LogP) is 2.97. The number of fused-ring (bicyclic) bond motifs is 1. The van der Waals surface area contributed by atoms with E-state index < -0.39 is 0 Å². The zero-order valence-corrected chi connectivity index (χ0v) is 15.2. The van der Waals surface area contributed by atoms with Crippen LogP contribution in [0.4, 0.5) is 0 Å². The third kappa shape index (κ3) is 3.61. The second kappa shape index (κ2) is 7.60. The van der Waals surface area contributed by atoms with E-state index in [1.807, 2.05) is 12.1 Å². The van der Waals surface area contributed by atoms with E-state index in [-0.39, 0.29) is 5.41 Å². The first-order chi connectivity index (χ1) is 11.6. The zero-order chi connectivity index (χ0) is 17.0. The second-order valence-electron chi connectivity index (χ2n) is 7.53. The Balaban J connectivity index is 1.56. The Bertz CT molecular complexity index is 539. The molecule has 5 heteroatoms. The fraction of sp³-hybridized carbons (Fsp3) is 0.737. The summed E-state index contributed by atoms with van der Waals surface area (Å²) in [6.45, 7) is 9.37. The molecule has 5 nitrogen and oxygen atoms in total. The van der Waals surface area contributed by atoms with Crippen LogP contribution in [0.25, 0.3) is 0 Å². The summed E-state index contributed by atoms with van der Waals surface area (Å²) in [5.41, 5.74) is 0.162. The molecule has 0 amide bonds. The maximum atomic E-state index is 5.89. The fourth-order valence-electron chi connectivity index (χ4n) is 4.03. The van der Waals surface area contributed by atoms with Gasteiger partial charge in [-0.1, -0.05) is 27.2 Å². The molecule has 3 rings (SSSR count). The third-order valence-corrected chi connectivity index (χ3v) is 5.42. The zero-order valence-electron chi connectivity index (χ0n) is 15.2. The van der Waals surface area contributed by atoms with E-state index in [9.17, 15) is 0 Å². The van der Waals surface area contributed by atoms with E-state index in [1.54, 1.807) is 6.26 Å². The highest BCUT2D eigenvalue weighted by Gasteiger charge is 2.59. The third-order valence-electron chi connectivity index (χ3n) is 5.42. The van der Waals surface area contributed by atoms with Crippen molar-refractivity contribution >= 4 is 5.96 Å². The molecule has 0 spiro atoms. The van der Waals surface area contributed by atoms with E-state index in [0.29, 0.717) is 18.1 Å². The molecule has 1 saturated carbocycles. The van der Waals surface area contributed by atoms with Crippen LogP contribution in [0.3, 0.4) is 0 Å². The molecule has 3 atom stereocenters. The lowest BCUT2D eigenvalue weighted by molar-refractivity contribution is -0.106. The highest BCUT2D eigenvalue weighted by Crippen LogP contribution is 2.52. The lowest BCUT2D eigenvalue weighted by atomic mass is 9.57. The van der Waals surface area contributed by atoms with Crippen molar-refractivity contribution in [1.29, 1.82) is 0 Å². The summed E-state index contributed by atoms with van der Waals surface area (Å²) in [7, 11) is 0. The van der Waals surface area contributed by atoms with Crippen molar-refractivity contribution in [3.63, 3.8) is 0 Å². The van der Waals surface area contributed by atoms with E-state index in [0.717, 1.165) is 57.1 Å². The highest BCUT2D eigenvalue weighted by molar-refractivity contribution is 5.80. The van der Waals surface area contributed by atoms with Crippen molar-refractivity contribution < 1.29 is 9.15 Å². The Kier molecular flexibility index (Phi) is 5.49. The summed E-state index contributed by atoms with van der Waals surface area (Å²) in [6, 6.07) is 4.38. The molecular formula is C19H31N3O2. The number of aliphatic imine (C=N–C) groups is 1. The van der Waals surface area contributed by atoms with E-state index in [1.165, 1.54) is 0 Å². The first-order valence-corrected chi connectivity index (χ1v) is 9.31. The van der Waals surface area contributed by atoms with Crippen molar-refractivity contribution in [1.82, 2.24) is 10.6 Å². The van der Waals surface area contributed by atoms with Gasteiger partial charge in [-0.25, -0.2) is 0 Å². The highest BCUT2D eigenvalue weighted by atomic mass is 16.5. The maximum absolute atomic E-state index is 5.89. The molecule has 1 aromatic rings. The topological polar surface area (TPSA) is 58.8 Å². The molecule has 24 heavy (non-hydrogen) atoms. The Morgan fingerprint density at radius 3 is 3.04 bits per heavy atom. The SMILES string of the molecule is CCCCN=C(NCCc1ccco1)NC1C2CCOC2C1(C)C. The lowest BCUT2D eigenvalue weighted by Crippen LogP contribution is -2.68. The first-order valence-electron chi connectivity index (χ1n) is 9.31. The van der Waals surface area contributed by atoms with Crippen LogP contribution in [0.5, 0.6) is 0 Å². The Labute approximate surface area is 145 Å². The van der Waals surface area contributed by atoms with Crippen molar-refractivity contribution in [3.05, 3.63) is 24.2 Å². The smallest absolute Gasteiger partial charge is 0.191 e. The fourth-order valence-corrected chi connectivity index (χ4v) is 4.03. The molecule has 134 valence electrons. The molecule has 0 radical (unpaired) electrons. The van der Waals surface area contributed by atoms with E-state index in [2.05, 4.69) is 31.4 Å². The number of hydrogen-bond donors (Lipinski definition) is 2.